The number of nitrogens with zero attached hydrogens (tertiary/aromatic N) is 2. The summed E-state index contributed by atoms with van der Waals surface area (Å²) < 4.78 is 10.9. The van der Waals surface area contributed by atoms with Crippen molar-refractivity contribution >= 4 is 34.7 Å². The van der Waals surface area contributed by atoms with Gasteiger partial charge in [-0.3, -0.25) is 4.79 Å². The summed E-state index contributed by atoms with van der Waals surface area (Å²) in [5.74, 6) is 0.512. The third-order valence-corrected chi connectivity index (χ3v) is 6.78. The summed E-state index contributed by atoms with van der Waals surface area (Å²) in [6.07, 6.45) is 13.3. The van der Waals surface area contributed by atoms with Gasteiger partial charge in [-0.2, -0.15) is 0 Å². The lowest BCUT2D eigenvalue weighted by molar-refractivity contribution is -0.113. The molecule has 0 aliphatic heterocycles. The first-order valence-corrected chi connectivity index (χ1v) is 12.5. The van der Waals surface area contributed by atoms with E-state index < -0.39 is 5.91 Å². The van der Waals surface area contributed by atoms with Gasteiger partial charge < -0.3 is 15.2 Å². The van der Waals surface area contributed by atoms with Crippen molar-refractivity contribution in [1.82, 2.24) is 9.97 Å². The molecule has 2 aromatic heterocycles. The minimum Gasteiger partial charge on any atom is -0.501 e. The van der Waals surface area contributed by atoms with Crippen molar-refractivity contribution in [2.45, 2.75) is 39.7 Å². The fourth-order valence-electron chi connectivity index (χ4n) is 3.00. The molecule has 0 aromatic carbocycles. The first kappa shape index (κ1) is 26.7. The van der Waals surface area contributed by atoms with E-state index in [1.165, 1.54) is 13.2 Å². The maximum atomic E-state index is 11.2. The quantitative estimate of drug-likeness (QED) is 0.232. The van der Waals surface area contributed by atoms with Crippen LogP contribution >= 0.6 is 22.7 Å². The number of carbonyl (C=O) groups excluding carboxylic acids is 1. The molecule has 2 N–H and O–H groups in total. The summed E-state index contributed by atoms with van der Waals surface area (Å²) in [5.41, 5.74) is 6.97. The first-order valence-electron chi connectivity index (χ1n) is 10.8. The van der Waals surface area contributed by atoms with E-state index >= 15 is 0 Å². The van der Waals surface area contributed by atoms with E-state index in [4.69, 9.17) is 25.2 Å². The number of hydrogen-bond donors (Lipinski definition) is 1. The van der Waals surface area contributed by atoms with E-state index in [0.717, 1.165) is 21.4 Å². The molecule has 8 heteroatoms. The maximum Gasteiger partial charge on any atom is 0.244 e. The summed E-state index contributed by atoms with van der Waals surface area (Å²) in [6, 6.07) is 0. The van der Waals surface area contributed by atoms with Crippen LogP contribution < -0.4 is 5.73 Å². The second-order valence-electron chi connectivity index (χ2n) is 7.95. The predicted molar refractivity (Wildman–Crippen MR) is 138 cm³/mol. The average molecular weight is 488 g/mol. The molecule has 1 unspecified atom stereocenters. The van der Waals surface area contributed by atoms with Crippen molar-refractivity contribution in [2.75, 3.05) is 14.2 Å². The lowest BCUT2D eigenvalue weighted by atomic mass is 10.0. The second kappa shape index (κ2) is 13.2. The lowest BCUT2D eigenvalue weighted by Gasteiger charge is -2.21. The number of rotatable bonds is 12. The van der Waals surface area contributed by atoms with Gasteiger partial charge in [-0.1, -0.05) is 58.1 Å². The molecule has 0 spiro atoms. The van der Waals surface area contributed by atoms with Crippen molar-refractivity contribution < 1.29 is 14.3 Å². The Kier molecular flexibility index (Phi) is 10.7. The Labute approximate surface area is 204 Å². The number of aromatic nitrogens is 2. The minimum absolute atomic E-state index is 0.187. The summed E-state index contributed by atoms with van der Waals surface area (Å²) in [6.45, 7) is 8.37. The zero-order valence-corrected chi connectivity index (χ0v) is 21.7. The Morgan fingerprint density at radius 1 is 1.03 bits per heavy atom. The molecule has 2 heterocycles. The van der Waals surface area contributed by atoms with Crippen molar-refractivity contribution in [3.05, 3.63) is 63.7 Å². The fraction of sp³-hybridized carbons (Fsp3) is 0.400. The number of nitrogens with two attached hydrogens (primary N) is 1. The van der Waals surface area contributed by atoms with Crippen molar-refractivity contribution in [1.29, 1.82) is 0 Å². The highest BCUT2D eigenvalue weighted by molar-refractivity contribution is 7.14. The van der Waals surface area contributed by atoms with Gasteiger partial charge in [0.15, 0.2) is 0 Å². The molecule has 178 valence electrons. The molecule has 2 rings (SSSR count). The molecule has 0 aliphatic carbocycles. The molecular weight excluding hydrogens is 454 g/mol. The van der Waals surface area contributed by atoms with Crippen LogP contribution in [0.15, 0.2) is 53.0 Å². The van der Waals surface area contributed by atoms with Gasteiger partial charge in [-0.15, -0.1) is 22.7 Å². The normalized spacial score (nSPS) is 15.7. The molecule has 6 nitrogen and oxygen atoms in total. The summed E-state index contributed by atoms with van der Waals surface area (Å²) in [5, 5.41) is 5.98. The molecular formula is C25H33N3O3S2. The van der Waals surface area contributed by atoms with Gasteiger partial charge in [0.2, 0.25) is 5.91 Å². The van der Waals surface area contributed by atoms with Gasteiger partial charge in [0.25, 0.3) is 0 Å². The van der Waals surface area contributed by atoms with Crippen molar-refractivity contribution in [3.8, 4) is 10.7 Å². The van der Waals surface area contributed by atoms with E-state index in [-0.39, 0.29) is 17.9 Å². The monoisotopic (exact) mass is 487 g/mol. The number of thiazole rings is 2. The van der Waals surface area contributed by atoms with E-state index in [1.807, 2.05) is 24.5 Å². The number of amides is 1. The van der Waals surface area contributed by atoms with Crippen LogP contribution in [-0.4, -0.2) is 36.2 Å². The van der Waals surface area contributed by atoms with Crippen LogP contribution in [0.5, 0.6) is 0 Å². The highest BCUT2D eigenvalue weighted by atomic mass is 32.1. The first-order chi connectivity index (χ1) is 15.7. The predicted octanol–water partition coefficient (Wildman–Crippen LogP) is 5.82. The van der Waals surface area contributed by atoms with Crippen molar-refractivity contribution in [2.24, 2.45) is 17.6 Å². The van der Waals surface area contributed by atoms with E-state index in [9.17, 15) is 4.79 Å². The van der Waals surface area contributed by atoms with E-state index in [2.05, 4.69) is 50.5 Å². The Bertz CT molecular complexity index is 1020. The summed E-state index contributed by atoms with van der Waals surface area (Å²) in [4.78, 5) is 20.7. The van der Waals surface area contributed by atoms with Gasteiger partial charge in [0.1, 0.15) is 16.5 Å². The molecule has 0 saturated heterocycles. The van der Waals surface area contributed by atoms with Crippen LogP contribution in [0.4, 0.5) is 0 Å². The Balaban J connectivity index is 2.09. The van der Waals surface area contributed by atoms with Gasteiger partial charge in [-0.05, 0) is 12.0 Å². The number of ether oxygens (including phenoxy) is 2. The number of methoxy groups -OCH3 is 2. The summed E-state index contributed by atoms with van der Waals surface area (Å²) in [7, 11) is 3.12. The third-order valence-electron chi connectivity index (χ3n) is 4.85. The van der Waals surface area contributed by atoms with Crippen LogP contribution in [0, 0.1) is 11.8 Å². The second-order valence-corrected chi connectivity index (χ2v) is 9.70. The van der Waals surface area contributed by atoms with E-state index in [1.54, 1.807) is 29.8 Å². The Morgan fingerprint density at radius 3 is 2.39 bits per heavy atom. The molecule has 0 saturated carbocycles. The molecule has 2 aromatic rings. The molecule has 3 atom stereocenters. The zero-order chi connectivity index (χ0) is 24.4. The lowest BCUT2D eigenvalue weighted by Crippen LogP contribution is -2.22. The number of allylic oxidation sites excluding steroid dienone is 4. The Hall–Kier alpha value is -2.55. The summed E-state index contributed by atoms with van der Waals surface area (Å²) >= 11 is 3.20. The molecule has 0 radical (unpaired) electrons. The number of hydrogen-bond acceptors (Lipinski definition) is 7. The standard InChI is InChI=1S/C25H33N3O3S2/c1-16(2)9-7-8-10-17(3)24-28-20(15-33-24)25-27-19(14-32-25)11-12-21(30-5)18(4)22(31-6)13-23(26)29/h7-18,21H,1-6H3,(H2,26,29)/b9-7+,10-8+,12-11+,22-13-/t17?,18-,21+/m1/s1. The van der Waals surface area contributed by atoms with Crippen LogP contribution in [0.25, 0.3) is 16.8 Å². The molecule has 0 bridgehead atoms. The highest BCUT2D eigenvalue weighted by Gasteiger charge is 2.20. The minimum atomic E-state index is -0.555. The molecule has 33 heavy (non-hydrogen) atoms. The molecule has 1 amide bonds. The van der Waals surface area contributed by atoms with Crippen LogP contribution in [-0.2, 0) is 14.3 Å². The SMILES string of the molecule is CO/C(=C\C(N)=O)[C@H](C)[C@H](/C=C/c1csc(-c2csc(C(C)/C=C/C=C/C(C)C)n2)n1)OC. The van der Waals surface area contributed by atoms with Gasteiger partial charge in [-0.25, -0.2) is 9.97 Å². The smallest absolute Gasteiger partial charge is 0.244 e. The van der Waals surface area contributed by atoms with Crippen molar-refractivity contribution in [3.63, 3.8) is 0 Å². The van der Waals surface area contributed by atoms with Crippen LogP contribution in [0.1, 0.15) is 44.3 Å². The molecule has 0 fully saturated rings. The third kappa shape index (κ3) is 8.38. The molecule has 0 aliphatic rings. The fourth-order valence-corrected chi connectivity index (χ4v) is 4.66. The Morgan fingerprint density at radius 2 is 1.76 bits per heavy atom. The highest BCUT2D eigenvalue weighted by Crippen LogP contribution is 2.29. The topological polar surface area (TPSA) is 87.3 Å². The largest absolute Gasteiger partial charge is 0.501 e. The van der Waals surface area contributed by atoms with Gasteiger partial charge >= 0.3 is 0 Å². The zero-order valence-electron chi connectivity index (χ0n) is 20.0. The number of carbonyl (C=O) groups is 1. The van der Waals surface area contributed by atoms with Crippen LogP contribution in [0.3, 0.4) is 0 Å². The van der Waals surface area contributed by atoms with Crippen LogP contribution in [0.2, 0.25) is 0 Å². The maximum absolute atomic E-state index is 11.2. The number of primary amides is 1. The van der Waals surface area contributed by atoms with Gasteiger partial charge in [0.05, 0.1) is 23.9 Å². The van der Waals surface area contributed by atoms with E-state index in [0.29, 0.717) is 11.7 Å². The average Bonchev–Trinajstić information content (AvgIpc) is 3.44. The van der Waals surface area contributed by atoms with Gasteiger partial charge in [0, 0.05) is 35.8 Å².